The van der Waals surface area contributed by atoms with Crippen molar-refractivity contribution in [2.75, 3.05) is 0 Å². The van der Waals surface area contributed by atoms with E-state index < -0.39 is 0 Å². The standard InChI is InChI=1S/C16H16.C10H12.C9H10.C3H6.H14P12.H13P11/c1-3-9-15(10-4-1)13-7-8-14-16-11-5-2-6-12-16;1-2-3-7-10-8-5-4-6-9-10;1-2-6-9-7-4-3-5-8-9;1-3-2;1-8(2)11(7)12(9(3)4)10(5)6;1-7-10(6)11(8(2)3)9(4)5/h1-12H,13-14H2;2-6,8-9H,7H2,1H3;2-5,7-8H,1,6H2;3H,1H2,2H3;1-7H2;7H,1-6H2/b8-7-;3-2-;;;;. The molecule has 16 atom stereocenters. The van der Waals surface area contributed by atoms with Crippen molar-refractivity contribution >= 4 is 187 Å². The maximum Gasteiger partial charge on any atom is -0.00631 e. The van der Waals surface area contributed by atoms with E-state index in [1.807, 2.05) is 44.2 Å². The van der Waals surface area contributed by atoms with Crippen LogP contribution in [0, 0.1) is 0 Å². The molecule has 0 aliphatic carbocycles. The van der Waals surface area contributed by atoms with Crippen LogP contribution in [-0.2, 0) is 25.7 Å². The van der Waals surface area contributed by atoms with Gasteiger partial charge in [-0.1, -0.05) is 166 Å². The third kappa shape index (κ3) is 40.0. The number of allylic oxidation sites excluding steroid dienone is 6. The van der Waals surface area contributed by atoms with Gasteiger partial charge in [0, 0.05) is 0 Å². The topological polar surface area (TPSA) is 0 Å². The lowest BCUT2D eigenvalue weighted by Crippen LogP contribution is -1.81. The third-order valence-electron chi connectivity index (χ3n) is 6.79. The Morgan fingerprint density at radius 1 is 0.426 bits per heavy atom. The SMILES string of the molecule is C(=C/Cc1ccccc1)/Cc1ccccc1.C/C=C\Cc1ccccc1.C=CC.C=CCc1ccccc1.PP(P)P(P)P(P(P)P)P(P)P.PPP(P)P(P(P)P)P(P)P. The molecule has 61 heavy (non-hydrogen) atoms. The highest BCUT2D eigenvalue weighted by atomic mass is 33.3. The molecular weight excluding hydrogens is 1170 g/mol. The zero-order valence-corrected chi connectivity index (χ0v) is 59.3. The molecule has 4 rings (SSSR count). The molecule has 16 unspecified atom stereocenters. The Morgan fingerprint density at radius 2 is 0.705 bits per heavy atom. The van der Waals surface area contributed by atoms with Crippen molar-refractivity contribution in [1.29, 1.82) is 0 Å². The van der Waals surface area contributed by atoms with Crippen molar-refractivity contribution in [2.24, 2.45) is 0 Å². The highest BCUT2D eigenvalue weighted by molar-refractivity contribution is 9.22. The van der Waals surface area contributed by atoms with Gasteiger partial charge >= 0.3 is 0 Å². The van der Waals surface area contributed by atoms with Gasteiger partial charge in [0.2, 0.25) is 0 Å². The van der Waals surface area contributed by atoms with Crippen molar-refractivity contribution in [3.63, 3.8) is 0 Å². The van der Waals surface area contributed by atoms with E-state index in [1.165, 1.54) is 22.3 Å². The van der Waals surface area contributed by atoms with Crippen LogP contribution < -0.4 is 0 Å². The van der Waals surface area contributed by atoms with Crippen molar-refractivity contribution in [2.45, 2.75) is 39.5 Å². The predicted octanol–water partition coefficient (Wildman–Crippen LogP) is 23.0. The van der Waals surface area contributed by atoms with Crippen molar-refractivity contribution in [3.05, 3.63) is 193 Å². The average molecular weight is 1240 g/mol. The van der Waals surface area contributed by atoms with E-state index in [0.29, 0.717) is 0 Å². The van der Waals surface area contributed by atoms with Crippen molar-refractivity contribution in [3.8, 4) is 0 Å². The van der Waals surface area contributed by atoms with Crippen LogP contribution >= 0.6 is 187 Å². The summed E-state index contributed by atoms with van der Waals surface area (Å²) in [4.78, 5) is 0. The number of benzene rings is 4. The van der Waals surface area contributed by atoms with Crippen molar-refractivity contribution < 1.29 is 0 Å². The zero-order chi connectivity index (χ0) is 46.4. The van der Waals surface area contributed by atoms with Crippen LogP contribution in [0.1, 0.15) is 36.1 Å². The first-order chi connectivity index (χ1) is 29.1. The Bertz CT molecular complexity index is 1570. The monoisotopic (exact) mass is 1240 g/mol. The van der Waals surface area contributed by atoms with E-state index in [4.69, 9.17) is 0 Å². The van der Waals surface area contributed by atoms with E-state index in [2.05, 4.69) is 251 Å². The molecule has 23 heteroatoms. The molecule has 4 aromatic carbocycles. The lowest BCUT2D eigenvalue weighted by Gasteiger charge is -2.32. The molecule has 0 aliphatic rings. The molecule has 0 amide bonds. The Labute approximate surface area is 415 Å². The molecule has 0 bridgehead atoms. The summed E-state index contributed by atoms with van der Waals surface area (Å²) in [5, 5.41) is 0. The normalized spacial score (nSPS) is 12.0. The molecule has 0 saturated carbocycles. The number of rotatable bonds is 16. The first-order valence-corrected chi connectivity index (χ1v) is 58.4. The van der Waals surface area contributed by atoms with Gasteiger partial charge in [-0.2, -0.15) is 0 Å². The molecule has 0 heterocycles. The van der Waals surface area contributed by atoms with Gasteiger partial charge in [0.05, 0.1) is 0 Å². The molecule has 0 aromatic heterocycles. The van der Waals surface area contributed by atoms with E-state index >= 15 is 0 Å². The average Bonchev–Trinajstić information content (AvgIpc) is 3.24. The van der Waals surface area contributed by atoms with Crippen LogP contribution in [0.3, 0.4) is 0 Å². The Hall–Kier alpha value is 5.73. The van der Waals surface area contributed by atoms with Gasteiger partial charge in [0.25, 0.3) is 0 Å². The van der Waals surface area contributed by atoms with Gasteiger partial charge in [-0.3, -0.25) is 0 Å². The molecule has 0 radical (unpaired) electrons. The summed E-state index contributed by atoms with van der Waals surface area (Å²) >= 11 is 0. The fourth-order valence-electron chi connectivity index (χ4n) is 4.13. The summed E-state index contributed by atoms with van der Waals surface area (Å²) < 4.78 is 0. The van der Waals surface area contributed by atoms with Crippen LogP contribution in [0.15, 0.2) is 171 Å². The largest absolute Gasteiger partial charge is 0.109 e. The molecule has 338 valence electrons. The highest BCUT2D eigenvalue weighted by Crippen LogP contribution is 3.16. The molecule has 0 aliphatic heterocycles. The molecular formula is C38H71P23. The minimum absolute atomic E-state index is 0.103. The molecule has 0 fully saturated rings. The lowest BCUT2D eigenvalue weighted by atomic mass is 10.1. The van der Waals surface area contributed by atoms with Crippen LogP contribution in [0.25, 0.3) is 0 Å². The van der Waals surface area contributed by atoms with E-state index in [-0.39, 0.29) is 62.9 Å². The van der Waals surface area contributed by atoms with E-state index in [9.17, 15) is 0 Å². The summed E-state index contributed by atoms with van der Waals surface area (Å²) in [6.07, 6.45) is 16.4. The second-order valence-electron chi connectivity index (χ2n) is 11.7. The third-order valence-corrected chi connectivity index (χ3v) is 132. The second kappa shape index (κ2) is 48.0. The molecule has 0 N–H and O–H groups in total. The van der Waals surface area contributed by atoms with Gasteiger partial charge in [-0.15, -0.1) is 129 Å². The Morgan fingerprint density at radius 3 is 0.902 bits per heavy atom. The molecule has 0 spiro atoms. The minimum atomic E-state index is 0.103. The van der Waals surface area contributed by atoms with Gasteiger partial charge in [-0.05, 0) is 125 Å². The van der Waals surface area contributed by atoms with E-state index in [0.717, 1.165) is 33.6 Å². The predicted molar refractivity (Wildman–Crippen MR) is 367 cm³/mol. The first kappa shape index (κ1) is 68.8. The van der Waals surface area contributed by atoms with E-state index in [1.54, 1.807) is 6.08 Å². The smallest absolute Gasteiger partial charge is 0.00631 e. The van der Waals surface area contributed by atoms with Gasteiger partial charge in [0.15, 0.2) is 0 Å². The number of hydrogen-bond donors (Lipinski definition) is 0. The van der Waals surface area contributed by atoms with Crippen LogP contribution in [0.2, 0.25) is 0 Å². The van der Waals surface area contributed by atoms with Crippen LogP contribution in [0.5, 0.6) is 0 Å². The summed E-state index contributed by atoms with van der Waals surface area (Å²) in [5.41, 5.74) is 5.44. The summed E-state index contributed by atoms with van der Waals surface area (Å²) in [6.45, 7) is 12.4. The molecule has 0 saturated heterocycles. The zero-order valence-electron chi connectivity index (χ0n) is 35.3. The quantitative estimate of drug-likeness (QED) is 0.0775. The van der Waals surface area contributed by atoms with Gasteiger partial charge < -0.3 is 0 Å². The van der Waals surface area contributed by atoms with Crippen molar-refractivity contribution in [1.82, 2.24) is 0 Å². The minimum Gasteiger partial charge on any atom is -0.109 e. The second-order valence-corrected chi connectivity index (χ2v) is 95.7. The summed E-state index contributed by atoms with van der Waals surface area (Å²) in [5.74, 6) is 0. The maximum atomic E-state index is 3.66. The Kier molecular flexibility index (Phi) is 54.2. The Balaban J connectivity index is 0. The summed E-state index contributed by atoms with van der Waals surface area (Å²) in [7, 11) is 39.9. The van der Waals surface area contributed by atoms with Gasteiger partial charge in [-0.25, -0.2) is 0 Å². The summed E-state index contributed by atoms with van der Waals surface area (Å²) in [6, 6.07) is 41.8. The molecule has 0 nitrogen and oxygen atoms in total. The fraction of sp³-hybridized carbons (Fsp3) is 0.158. The first-order valence-electron chi connectivity index (χ1n) is 18.3. The fourth-order valence-corrected chi connectivity index (χ4v) is 202. The number of hydrogen-bond acceptors (Lipinski definition) is 0. The van der Waals surface area contributed by atoms with Crippen LogP contribution in [-0.4, -0.2) is 0 Å². The van der Waals surface area contributed by atoms with Crippen LogP contribution in [0.4, 0.5) is 0 Å². The maximum absolute atomic E-state index is 3.66. The molecule has 4 aromatic rings. The lowest BCUT2D eigenvalue weighted by molar-refractivity contribution is 1.21. The highest BCUT2D eigenvalue weighted by Gasteiger charge is 2.26. The van der Waals surface area contributed by atoms with Gasteiger partial charge in [0.1, 0.15) is 0 Å².